The van der Waals surface area contributed by atoms with Crippen LogP contribution in [0.3, 0.4) is 0 Å². The van der Waals surface area contributed by atoms with Crippen molar-refractivity contribution in [2.75, 3.05) is 18.9 Å². The first-order valence-electron chi connectivity index (χ1n) is 8.65. The molecule has 2 heterocycles. The molecule has 9 nitrogen and oxygen atoms in total. The molecule has 0 fully saturated rings. The number of benzene rings is 1. The van der Waals surface area contributed by atoms with E-state index in [2.05, 4.69) is 19.1 Å². The molecule has 0 aliphatic carbocycles. The van der Waals surface area contributed by atoms with Crippen LogP contribution in [0, 0.1) is 0 Å². The van der Waals surface area contributed by atoms with E-state index in [0.717, 1.165) is 11.1 Å². The van der Waals surface area contributed by atoms with Crippen LogP contribution in [0.25, 0.3) is 11.5 Å². The summed E-state index contributed by atoms with van der Waals surface area (Å²) in [4.78, 5) is 29.8. The number of carbonyl (C=O) groups excluding carboxylic acids is 2. The highest BCUT2D eigenvalue weighted by atomic mass is 35.5. The van der Waals surface area contributed by atoms with Gasteiger partial charge in [0.15, 0.2) is 0 Å². The van der Waals surface area contributed by atoms with Crippen molar-refractivity contribution >= 4 is 29.6 Å². The van der Waals surface area contributed by atoms with Crippen molar-refractivity contribution in [2.45, 2.75) is 19.7 Å². The zero-order valence-corrected chi connectivity index (χ0v) is 16.6. The first-order chi connectivity index (χ1) is 14.0. The predicted molar refractivity (Wildman–Crippen MR) is 104 cm³/mol. The molecule has 3 aromatic rings. The van der Waals surface area contributed by atoms with Crippen molar-refractivity contribution in [2.24, 2.45) is 0 Å². The summed E-state index contributed by atoms with van der Waals surface area (Å²) >= 11 is 5.71. The van der Waals surface area contributed by atoms with Gasteiger partial charge < -0.3 is 24.0 Å². The van der Waals surface area contributed by atoms with Crippen molar-refractivity contribution in [1.82, 2.24) is 9.97 Å². The Kier molecular flexibility index (Phi) is 8.23. The Balaban J connectivity index is 0.000000234. The van der Waals surface area contributed by atoms with Crippen molar-refractivity contribution in [3.63, 3.8) is 0 Å². The second-order valence-corrected chi connectivity index (χ2v) is 5.63. The molecule has 0 atom stereocenters. The minimum absolute atomic E-state index is 0.0318. The van der Waals surface area contributed by atoms with Crippen molar-refractivity contribution < 1.29 is 27.9 Å². The number of nitrogen functional groups attached to an aromatic ring is 1. The topological polar surface area (TPSA) is 131 Å². The Morgan fingerprint density at radius 3 is 2.00 bits per heavy atom. The van der Waals surface area contributed by atoms with Gasteiger partial charge in [-0.3, -0.25) is 0 Å². The molecular formula is C19H20ClN3O6. The van der Waals surface area contributed by atoms with Crippen LogP contribution in [0.2, 0.25) is 0 Å². The van der Waals surface area contributed by atoms with E-state index in [1.807, 2.05) is 24.3 Å². The average molecular weight is 422 g/mol. The fourth-order valence-corrected chi connectivity index (χ4v) is 2.20. The molecule has 0 aliphatic heterocycles. The molecule has 29 heavy (non-hydrogen) atoms. The van der Waals surface area contributed by atoms with Gasteiger partial charge in [0.25, 0.3) is 6.01 Å². The van der Waals surface area contributed by atoms with Gasteiger partial charge in [0, 0.05) is 11.4 Å². The molecule has 154 valence electrons. The molecular weight excluding hydrogens is 402 g/mol. The van der Waals surface area contributed by atoms with Crippen LogP contribution in [0.4, 0.5) is 6.01 Å². The van der Waals surface area contributed by atoms with E-state index < -0.39 is 11.9 Å². The fraction of sp³-hybridized carbons (Fsp3) is 0.263. The Hall–Kier alpha value is -3.33. The Labute approximate surface area is 171 Å². The van der Waals surface area contributed by atoms with Gasteiger partial charge in [0.1, 0.15) is 0 Å². The van der Waals surface area contributed by atoms with Crippen molar-refractivity contribution in [3.05, 3.63) is 53.7 Å². The van der Waals surface area contributed by atoms with E-state index in [9.17, 15) is 9.59 Å². The molecule has 0 radical (unpaired) electrons. The number of nitrogens with two attached hydrogens (primary N) is 1. The maximum Gasteiger partial charge on any atom is 0.376 e. The Bertz CT molecular complexity index is 936. The normalized spacial score (nSPS) is 10.0. The van der Waals surface area contributed by atoms with Crippen LogP contribution in [0.5, 0.6) is 0 Å². The number of hydrogen-bond acceptors (Lipinski definition) is 9. The molecule has 2 N–H and O–H groups in total. The summed E-state index contributed by atoms with van der Waals surface area (Å²) in [6.07, 6.45) is 2.59. The molecule has 0 saturated heterocycles. The monoisotopic (exact) mass is 421 g/mol. The first kappa shape index (κ1) is 22.0. The molecule has 0 unspecified atom stereocenters. The highest BCUT2D eigenvalue weighted by Gasteiger charge is 2.14. The van der Waals surface area contributed by atoms with Crippen LogP contribution in [-0.4, -0.2) is 35.1 Å². The van der Waals surface area contributed by atoms with Gasteiger partial charge in [-0.2, -0.15) is 0 Å². The highest BCUT2D eigenvalue weighted by molar-refractivity contribution is 6.17. The molecule has 3 rings (SSSR count). The number of alkyl halides is 1. The van der Waals surface area contributed by atoms with Gasteiger partial charge in [-0.05, 0) is 31.5 Å². The van der Waals surface area contributed by atoms with E-state index in [0.29, 0.717) is 25.0 Å². The summed E-state index contributed by atoms with van der Waals surface area (Å²) in [7, 11) is 0. The van der Waals surface area contributed by atoms with Crippen LogP contribution < -0.4 is 5.73 Å². The van der Waals surface area contributed by atoms with Crippen molar-refractivity contribution in [3.8, 4) is 11.5 Å². The lowest BCUT2D eigenvalue weighted by Gasteiger charge is -1.98. The number of oxazole rings is 2. The number of carbonyl (C=O) groups is 2. The fourth-order valence-electron chi connectivity index (χ4n) is 2.02. The lowest BCUT2D eigenvalue weighted by molar-refractivity contribution is 0.0482. The van der Waals surface area contributed by atoms with Crippen LogP contribution in [0.1, 0.15) is 40.5 Å². The maximum atomic E-state index is 11.4. The maximum absolute atomic E-state index is 11.4. The average Bonchev–Trinajstić information content (AvgIpc) is 3.38. The standard InChI is InChI=1S/C13H12ClNO3.C6H8N2O3/c1-2-17-13(16)11-8-15-12(18-11)10-5-3-9(7-14)4-6-10;1-2-10-5(9)4-3-8-6(7)11-4/h3-6,8H,2,7H2,1H3;3H,2H2,1H3,(H2,7,8). The number of hydrogen-bond donors (Lipinski definition) is 1. The first-order valence-corrected chi connectivity index (χ1v) is 9.18. The van der Waals surface area contributed by atoms with Gasteiger partial charge >= 0.3 is 11.9 Å². The molecule has 0 aliphatic rings. The second kappa shape index (κ2) is 10.9. The molecule has 10 heteroatoms. The van der Waals surface area contributed by atoms with E-state index in [-0.39, 0.29) is 17.5 Å². The number of nitrogens with zero attached hydrogens (tertiary/aromatic N) is 2. The van der Waals surface area contributed by atoms with Gasteiger partial charge in [-0.25, -0.2) is 19.6 Å². The highest BCUT2D eigenvalue weighted by Crippen LogP contribution is 2.20. The third kappa shape index (κ3) is 6.35. The molecule has 0 amide bonds. The summed E-state index contributed by atoms with van der Waals surface area (Å²) in [6, 6.07) is 7.43. The second-order valence-electron chi connectivity index (χ2n) is 5.36. The van der Waals surface area contributed by atoms with Gasteiger partial charge in [0.05, 0.1) is 25.6 Å². The molecule has 0 saturated carbocycles. The number of aromatic nitrogens is 2. The van der Waals surface area contributed by atoms with Crippen LogP contribution in [-0.2, 0) is 15.4 Å². The van der Waals surface area contributed by atoms with Crippen LogP contribution >= 0.6 is 11.6 Å². The van der Waals surface area contributed by atoms with Gasteiger partial charge in [0.2, 0.25) is 17.4 Å². The summed E-state index contributed by atoms with van der Waals surface area (Å²) in [5.74, 6) is -0.0675. The SMILES string of the molecule is CCOC(=O)c1cnc(-c2ccc(CCl)cc2)o1.CCOC(=O)c1cnc(N)o1. The summed E-state index contributed by atoms with van der Waals surface area (Å²) in [5.41, 5.74) is 6.93. The summed E-state index contributed by atoms with van der Waals surface area (Å²) in [5, 5.41) is 0. The van der Waals surface area contributed by atoms with Gasteiger partial charge in [-0.1, -0.05) is 12.1 Å². The smallest absolute Gasteiger partial charge is 0.376 e. The Morgan fingerprint density at radius 1 is 0.966 bits per heavy atom. The van der Waals surface area contributed by atoms with E-state index >= 15 is 0 Å². The number of rotatable bonds is 6. The number of anilines is 1. The minimum Gasteiger partial charge on any atom is -0.460 e. The third-order valence-electron chi connectivity index (χ3n) is 3.34. The predicted octanol–water partition coefficient (Wildman–Crippen LogP) is 3.69. The number of esters is 2. The quantitative estimate of drug-likeness (QED) is 0.467. The lowest BCUT2D eigenvalue weighted by Crippen LogP contribution is -2.02. The molecule has 0 spiro atoms. The van der Waals surface area contributed by atoms with Gasteiger partial charge in [-0.15, -0.1) is 11.6 Å². The lowest BCUT2D eigenvalue weighted by atomic mass is 10.1. The molecule has 1 aromatic carbocycles. The zero-order chi connectivity index (χ0) is 21.2. The van der Waals surface area contributed by atoms with E-state index in [4.69, 9.17) is 26.5 Å². The van der Waals surface area contributed by atoms with Crippen molar-refractivity contribution in [1.29, 1.82) is 0 Å². The largest absolute Gasteiger partial charge is 0.460 e. The van der Waals surface area contributed by atoms with Crippen LogP contribution in [0.15, 0.2) is 45.5 Å². The zero-order valence-electron chi connectivity index (χ0n) is 15.9. The molecule has 0 bridgehead atoms. The van der Waals surface area contributed by atoms with E-state index in [1.54, 1.807) is 13.8 Å². The van der Waals surface area contributed by atoms with E-state index in [1.165, 1.54) is 12.4 Å². The summed E-state index contributed by atoms with van der Waals surface area (Å²) in [6.45, 7) is 4.05. The molecule has 2 aromatic heterocycles. The third-order valence-corrected chi connectivity index (χ3v) is 3.65. The summed E-state index contributed by atoms with van der Waals surface area (Å²) < 4.78 is 19.5. The Morgan fingerprint density at radius 2 is 1.52 bits per heavy atom. The number of halogens is 1. The minimum atomic E-state index is -0.545. The number of ether oxygens (including phenoxy) is 2.